The highest BCUT2D eigenvalue weighted by Gasteiger charge is 2.28. The number of likely N-dealkylation sites (N-methyl/N-ethyl adjacent to an activating group) is 2. The van der Waals surface area contributed by atoms with E-state index in [9.17, 15) is 0 Å². The first kappa shape index (κ1) is 8.48. The van der Waals surface area contributed by atoms with E-state index in [0.29, 0.717) is 0 Å². The van der Waals surface area contributed by atoms with Crippen LogP contribution in [0, 0.1) is 0 Å². The minimum atomic E-state index is 0.833. The first-order chi connectivity index (χ1) is 5.75. The number of nitrogens with zero attached hydrogens (tertiary/aromatic N) is 3. The van der Waals surface area contributed by atoms with Crippen molar-refractivity contribution >= 4 is 0 Å². The van der Waals surface area contributed by atoms with Crippen LogP contribution >= 0.6 is 0 Å². The first-order valence-corrected chi connectivity index (χ1v) is 4.87. The van der Waals surface area contributed by atoms with Crippen molar-refractivity contribution in [3.05, 3.63) is 0 Å². The summed E-state index contributed by atoms with van der Waals surface area (Å²) in [5.74, 6) is 0. The van der Waals surface area contributed by atoms with E-state index in [0.717, 1.165) is 6.04 Å². The van der Waals surface area contributed by atoms with Gasteiger partial charge < -0.3 is 4.90 Å². The van der Waals surface area contributed by atoms with Gasteiger partial charge in [0.25, 0.3) is 0 Å². The van der Waals surface area contributed by atoms with Crippen molar-refractivity contribution in [1.29, 1.82) is 0 Å². The second-order valence-electron chi connectivity index (χ2n) is 4.24. The van der Waals surface area contributed by atoms with Gasteiger partial charge in [-0.05, 0) is 27.1 Å². The van der Waals surface area contributed by atoms with Crippen LogP contribution in [-0.2, 0) is 0 Å². The van der Waals surface area contributed by atoms with Gasteiger partial charge in [0.2, 0.25) is 0 Å². The summed E-state index contributed by atoms with van der Waals surface area (Å²) in [5.41, 5.74) is 0. The Morgan fingerprint density at radius 2 is 1.83 bits per heavy atom. The summed E-state index contributed by atoms with van der Waals surface area (Å²) in [5, 5.41) is 0. The van der Waals surface area contributed by atoms with Crippen LogP contribution in [0.3, 0.4) is 0 Å². The van der Waals surface area contributed by atoms with E-state index in [-0.39, 0.29) is 0 Å². The maximum Gasteiger partial charge on any atom is 0.0507 e. The molecule has 0 N–H and O–H groups in total. The second-order valence-corrected chi connectivity index (χ2v) is 4.24. The zero-order chi connectivity index (χ0) is 8.55. The molecular weight excluding hydrogens is 150 g/mol. The second kappa shape index (κ2) is 3.32. The van der Waals surface area contributed by atoms with Crippen molar-refractivity contribution in [2.45, 2.75) is 12.5 Å². The lowest BCUT2D eigenvalue weighted by Crippen LogP contribution is -2.36. The fraction of sp³-hybridized carbons (Fsp3) is 1.00. The van der Waals surface area contributed by atoms with Crippen LogP contribution in [0.4, 0.5) is 0 Å². The molecule has 0 aromatic heterocycles. The molecule has 0 spiro atoms. The summed E-state index contributed by atoms with van der Waals surface area (Å²) in [7, 11) is 4.43. The van der Waals surface area contributed by atoms with Gasteiger partial charge in [0.15, 0.2) is 0 Å². The molecule has 0 amide bonds. The molecule has 1 unspecified atom stereocenters. The van der Waals surface area contributed by atoms with Gasteiger partial charge in [-0.15, -0.1) is 0 Å². The molecule has 2 heterocycles. The largest absolute Gasteiger partial charge is 0.305 e. The van der Waals surface area contributed by atoms with Crippen LogP contribution in [0.5, 0.6) is 0 Å². The van der Waals surface area contributed by atoms with Gasteiger partial charge in [0.1, 0.15) is 0 Å². The minimum absolute atomic E-state index is 0.833. The van der Waals surface area contributed by atoms with Crippen LogP contribution in [-0.4, -0.2) is 67.7 Å². The van der Waals surface area contributed by atoms with Crippen LogP contribution in [0.1, 0.15) is 6.42 Å². The molecule has 3 heteroatoms. The zero-order valence-corrected chi connectivity index (χ0v) is 8.16. The summed E-state index contributed by atoms with van der Waals surface area (Å²) in [6, 6.07) is 0.833. The lowest BCUT2D eigenvalue weighted by atomic mass is 10.2. The predicted molar refractivity (Wildman–Crippen MR) is 50.1 cm³/mol. The van der Waals surface area contributed by atoms with Crippen molar-refractivity contribution in [3.63, 3.8) is 0 Å². The lowest BCUT2D eigenvalue weighted by Gasteiger charge is -2.22. The van der Waals surface area contributed by atoms with Gasteiger partial charge in [-0.3, -0.25) is 9.80 Å². The fourth-order valence-corrected chi connectivity index (χ4v) is 2.26. The Morgan fingerprint density at radius 1 is 1.00 bits per heavy atom. The molecule has 2 aliphatic rings. The third-order valence-electron chi connectivity index (χ3n) is 3.07. The highest BCUT2D eigenvalue weighted by atomic mass is 15.4. The van der Waals surface area contributed by atoms with Gasteiger partial charge in [-0.2, -0.15) is 0 Å². The van der Waals surface area contributed by atoms with Crippen LogP contribution < -0.4 is 0 Å². The molecule has 0 bridgehead atoms. The molecule has 0 aliphatic carbocycles. The van der Waals surface area contributed by atoms with E-state index in [2.05, 4.69) is 28.8 Å². The number of rotatable bonds is 1. The Hall–Kier alpha value is -0.120. The molecule has 0 saturated carbocycles. The Kier molecular flexibility index (Phi) is 2.35. The summed E-state index contributed by atoms with van der Waals surface area (Å²) in [6.45, 7) is 6.26. The van der Waals surface area contributed by atoms with Crippen LogP contribution in [0.15, 0.2) is 0 Å². The smallest absolute Gasteiger partial charge is 0.0507 e. The van der Waals surface area contributed by atoms with Crippen LogP contribution in [0.2, 0.25) is 0 Å². The third kappa shape index (κ3) is 1.63. The van der Waals surface area contributed by atoms with Crippen molar-refractivity contribution < 1.29 is 0 Å². The Morgan fingerprint density at radius 3 is 2.33 bits per heavy atom. The molecule has 3 nitrogen and oxygen atoms in total. The molecule has 0 radical (unpaired) electrons. The molecule has 2 saturated heterocycles. The van der Waals surface area contributed by atoms with Crippen molar-refractivity contribution in [2.75, 3.05) is 46.9 Å². The van der Waals surface area contributed by atoms with E-state index in [4.69, 9.17) is 0 Å². The number of hydrogen-bond donors (Lipinski definition) is 0. The number of hydrogen-bond acceptors (Lipinski definition) is 3. The molecule has 1 atom stereocenters. The molecule has 70 valence electrons. The highest BCUT2D eigenvalue weighted by Crippen LogP contribution is 2.16. The normalized spacial score (nSPS) is 35.0. The summed E-state index contributed by atoms with van der Waals surface area (Å²) in [4.78, 5) is 7.45. The summed E-state index contributed by atoms with van der Waals surface area (Å²) >= 11 is 0. The van der Waals surface area contributed by atoms with Gasteiger partial charge >= 0.3 is 0 Å². The Labute approximate surface area is 74.9 Å². The fourth-order valence-electron chi connectivity index (χ4n) is 2.26. The van der Waals surface area contributed by atoms with Gasteiger partial charge in [0, 0.05) is 25.7 Å². The third-order valence-corrected chi connectivity index (χ3v) is 3.07. The predicted octanol–water partition coefficient (Wildman–Crippen LogP) is -0.105. The molecule has 0 aromatic rings. The number of likely N-dealkylation sites (tertiary alicyclic amines) is 1. The topological polar surface area (TPSA) is 9.72 Å². The highest BCUT2D eigenvalue weighted by molar-refractivity contribution is 4.84. The maximum atomic E-state index is 2.61. The lowest BCUT2D eigenvalue weighted by molar-refractivity contribution is 0.207. The maximum absolute atomic E-state index is 2.61. The summed E-state index contributed by atoms with van der Waals surface area (Å²) < 4.78 is 0. The van der Waals surface area contributed by atoms with E-state index in [1.54, 1.807) is 0 Å². The first-order valence-electron chi connectivity index (χ1n) is 4.87. The van der Waals surface area contributed by atoms with E-state index < -0.39 is 0 Å². The van der Waals surface area contributed by atoms with E-state index in [1.807, 2.05) is 0 Å². The monoisotopic (exact) mass is 169 g/mol. The quantitative estimate of drug-likeness (QED) is 0.542. The standard InChI is InChI=1S/C9H19N3/c1-10-4-3-9(7-10)12-6-5-11(2)8-12/h9H,3-8H2,1-2H3. The van der Waals surface area contributed by atoms with Crippen molar-refractivity contribution in [3.8, 4) is 0 Å². The molecular formula is C9H19N3. The molecule has 2 aliphatic heterocycles. The molecule has 0 aromatic carbocycles. The molecule has 2 rings (SSSR count). The van der Waals surface area contributed by atoms with Crippen LogP contribution in [0.25, 0.3) is 0 Å². The average molecular weight is 169 g/mol. The Bertz CT molecular complexity index is 142. The van der Waals surface area contributed by atoms with Crippen molar-refractivity contribution in [1.82, 2.24) is 14.7 Å². The van der Waals surface area contributed by atoms with Gasteiger partial charge in [-0.1, -0.05) is 0 Å². The van der Waals surface area contributed by atoms with Gasteiger partial charge in [0.05, 0.1) is 6.67 Å². The Balaban J connectivity index is 1.85. The van der Waals surface area contributed by atoms with Crippen molar-refractivity contribution in [2.24, 2.45) is 0 Å². The van der Waals surface area contributed by atoms with Gasteiger partial charge in [-0.25, -0.2) is 0 Å². The molecule has 12 heavy (non-hydrogen) atoms. The van der Waals surface area contributed by atoms with E-state index in [1.165, 1.54) is 39.3 Å². The summed E-state index contributed by atoms with van der Waals surface area (Å²) in [6.07, 6.45) is 1.37. The SMILES string of the molecule is CN1CCC(N2CCN(C)C2)C1. The van der Waals surface area contributed by atoms with E-state index >= 15 is 0 Å². The zero-order valence-electron chi connectivity index (χ0n) is 8.16. The average Bonchev–Trinajstić information content (AvgIpc) is 2.58. The minimum Gasteiger partial charge on any atom is -0.305 e. The molecule has 2 fully saturated rings.